The summed E-state index contributed by atoms with van der Waals surface area (Å²) in [6.07, 6.45) is 7.08. The van der Waals surface area contributed by atoms with Crippen molar-refractivity contribution in [2.24, 2.45) is 11.1 Å². The lowest BCUT2D eigenvalue weighted by Crippen LogP contribution is -2.58. The number of fused-ring (bicyclic) bond motifs is 1. The van der Waals surface area contributed by atoms with Crippen molar-refractivity contribution in [3.63, 3.8) is 0 Å². The van der Waals surface area contributed by atoms with Gasteiger partial charge in [0.2, 0.25) is 11.8 Å². The summed E-state index contributed by atoms with van der Waals surface area (Å²) in [6, 6.07) is 17.3. The van der Waals surface area contributed by atoms with Gasteiger partial charge in [0.15, 0.2) is 0 Å². The number of likely N-dealkylation sites (N-methyl/N-ethyl adjacent to an activating group) is 1. The number of nitrogens with two attached hydrogens (primary N) is 1. The number of hydrogen-bond donors (Lipinski definition) is 4. The molecule has 12 heteroatoms. The Bertz CT molecular complexity index is 1900. The number of carbonyl (C=O) groups excluding carboxylic acids is 3. The number of carbonyl (C=O) groups is 3. The van der Waals surface area contributed by atoms with Gasteiger partial charge in [-0.25, -0.2) is 4.52 Å². The summed E-state index contributed by atoms with van der Waals surface area (Å²) in [6.45, 7) is 4.86. The van der Waals surface area contributed by atoms with Crippen LogP contribution in [0.1, 0.15) is 61.0 Å². The SMILES string of the molecule is CN(C)CCNC(=O)Cc1cccc(-c2ccc(CC(N)=O)c(OC3CC4(CC(NC(=O)c5cnn6cc(OCC(C)(C)O)ccc56)C4)C3)c2)c1. The fourth-order valence-electron chi connectivity index (χ4n) is 7.04. The quantitative estimate of drug-likeness (QED) is 0.147. The lowest BCUT2D eigenvalue weighted by Gasteiger charge is -2.57. The molecule has 270 valence electrons. The molecule has 6 rings (SSSR count). The van der Waals surface area contributed by atoms with Crippen LogP contribution in [0.3, 0.4) is 0 Å². The van der Waals surface area contributed by atoms with E-state index in [9.17, 15) is 19.5 Å². The van der Waals surface area contributed by atoms with E-state index < -0.39 is 11.5 Å². The van der Waals surface area contributed by atoms with E-state index in [-0.39, 0.29) is 48.8 Å². The number of primary amides is 1. The normalized spacial score (nSPS) is 19.7. The minimum atomic E-state index is -0.961. The van der Waals surface area contributed by atoms with Crippen molar-refractivity contribution >= 4 is 23.2 Å². The van der Waals surface area contributed by atoms with E-state index in [0.29, 0.717) is 29.1 Å². The zero-order chi connectivity index (χ0) is 36.3. The molecule has 0 radical (unpaired) electrons. The number of nitrogens with one attached hydrogen (secondary N) is 2. The molecule has 4 aromatic rings. The first-order valence-corrected chi connectivity index (χ1v) is 17.5. The first-order valence-electron chi connectivity index (χ1n) is 17.5. The molecule has 2 fully saturated rings. The predicted molar refractivity (Wildman–Crippen MR) is 194 cm³/mol. The molecule has 3 amide bonds. The molecule has 2 aliphatic rings. The summed E-state index contributed by atoms with van der Waals surface area (Å²) in [5, 5.41) is 20.4. The first-order chi connectivity index (χ1) is 24.2. The molecule has 0 aliphatic heterocycles. The van der Waals surface area contributed by atoms with Crippen LogP contribution in [0.25, 0.3) is 16.6 Å². The summed E-state index contributed by atoms with van der Waals surface area (Å²) in [5.41, 5.74) is 9.45. The molecule has 2 aromatic heterocycles. The Morgan fingerprint density at radius 2 is 1.80 bits per heavy atom. The monoisotopic (exact) mass is 696 g/mol. The third-order valence-electron chi connectivity index (χ3n) is 9.57. The second kappa shape index (κ2) is 14.7. The van der Waals surface area contributed by atoms with Crippen LogP contribution < -0.4 is 25.8 Å². The van der Waals surface area contributed by atoms with Gasteiger partial charge in [0.25, 0.3) is 5.91 Å². The highest BCUT2D eigenvalue weighted by Gasteiger charge is 2.54. The van der Waals surface area contributed by atoms with E-state index in [1.807, 2.05) is 61.5 Å². The van der Waals surface area contributed by atoms with Crippen LogP contribution in [-0.4, -0.2) is 88.9 Å². The average Bonchev–Trinajstić information content (AvgIpc) is 3.45. The highest BCUT2D eigenvalue weighted by Crippen LogP contribution is 2.57. The standard InChI is InChI=1S/C39H48N6O6/c1-38(2,49)24-50-30-10-11-33-32(22-42-45(33)23-30)37(48)43-29-18-39(19-29)20-31(21-39)51-34-16-27(8-9-28(34)17-35(40)46)26-7-5-6-25(14-26)15-36(47)41-12-13-44(3)4/h5-11,14,16,22-23,29,31,49H,12-13,15,17-21,24H2,1-4H3,(H2,40,46)(H,41,47)(H,43,48). The van der Waals surface area contributed by atoms with Gasteiger partial charge >= 0.3 is 0 Å². The summed E-state index contributed by atoms with van der Waals surface area (Å²) < 4.78 is 13.8. The zero-order valence-electron chi connectivity index (χ0n) is 29.8. The maximum atomic E-state index is 13.2. The minimum Gasteiger partial charge on any atom is -0.490 e. The average molecular weight is 697 g/mol. The summed E-state index contributed by atoms with van der Waals surface area (Å²) >= 11 is 0. The summed E-state index contributed by atoms with van der Waals surface area (Å²) in [7, 11) is 3.94. The highest BCUT2D eigenvalue weighted by atomic mass is 16.5. The van der Waals surface area contributed by atoms with Gasteiger partial charge in [0, 0.05) is 24.7 Å². The Hall–Kier alpha value is -4.94. The Morgan fingerprint density at radius 1 is 1.04 bits per heavy atom. The van der Waals surface area contributed by atoms with Crippen LogP contribution >= 0.6 is 0 Å². The molecule has 12 nitrogen and oxygen atoms in total. The molecule has 0 bridgehead atoms. The minimum absolute atomic E-state index is 0.00633. The number of nitrogens with zero attached hydrogens (tertiary/aromatic N) is 3. The second-order valence-corrected chi connectivity index (χ2v) is 15.1. The molecule has 0 atom stereocenters. The number of hydrogen-bond acceptors (Lipinski definition) is 8. The number of amides is 3. The van der Waals surface area contributed by atoms with Gasteiger partial charge in [-0.3, -0.25) is 14.4 Å². The molecule has 2 heterocycles. The van der Waals surface area contributed by atoms with Crippen LogP contribution in [0.5, 0.6) is 11.5 Å². The van der Waals surface area contributed by atoms with Gasteiger partial charge in [-0.2, -0.15) is 5.10 Å². The molecule has 2 aliphatic carbocycles. The van der Waals surface area contributed by atoms with Gasteiger partial charge < -0.3 is 35.8 Å². The molecular weight excluding hydrogens is 648 g/mol. The summed E-state index contributed by atoms with van der Waals surface area (Å²) in [4.78, 5) is 39.6. The van der Waals surface area contributed by atoms with E-state index in [2.05, 4.69) is 15.7 Å². The molecule has 2 aromatic carbocycles. The van der Waals surface area contributed by atoms with Crippen molar-refractivity contribution < 1.29 is 29.0 Å². The van der Waals surface area contributed by atoms with Gasteiger partial charge in [-0.1, -0.05) is 36.4 Å². The van der Waals surface area contributed by atoms with Crippen LogP contribution in [0.4, 0.5) is 0 Å². The number of aliphatic hydroxyl groups is 1. The van der Waals surface area contributed by atoms with Gasteiger partial charge in [0.1, 0.15) is 18.1 Å². The Labute approximate surface area is 298 Å². The lowest BCUT2D eigenvalue weighted by atomic mass is 9.53. The van der Waals surface area contributed by atoms with Gasteiger partial charge in [-0.05, 0) is 93.9 Å². The molecule has 0 unspecified atom stereocenters. The van der Waals surface area contributed by atoms with E-state index in [0.717, 1.165) is 54.5 Å². The first kappa shape index (κ1) is 35.9. The van der Waals surface area contributed by atoms with Crippen molar-refractivity contribution in [1.29, 1.82) is 0 Å². The summed E-state index contributed by atoms with van der Waals surface area (Å²) in [5.74, 6) is 0.583. The number of aromatic nitrogens is 2. The van der Waals surface area contributed by atoms with E-state index in [1.54, 1.807) is 42.9 Å². The van der Waals surface area contributed by atoms with E-state index >= 15 is 0 Å². The number of rotatable bonds is 15. The number of ether oxygens (including phenoxy) is 2. The Kier molecular flexibility index (Phi) is 10.4. The van der Waals surface area contributed by atoms with Gasteiger partial charge in [0.05, 0.1) is 48.0 Å². The molecule has 5 N–H and O–H groups in total. The number of pyridine rings is 1. The van der Waals surface area contributed by atoms with Crippen LogP contribution in [-0.2, 0) is 22.4 Å². The Morgan fingerprint density at radius 3 is 2.53 bits per heavy atom. The molecular formula is C39H48N6O6. The number of benzene rings is 2. The van der Waals surface area contributed by atoms with Crippen LogP contribution in [0.15, 0.2) is 67.0 Å². The van der Waals surface area contributed by atoms with Crippen molar-refractivity contribution in [3.8, 4) is 22.6 Å². The van der Waals surface area contributed by atoms with Crippen LogP contribution in [0, 0.1) is 5.41 Å². The fourth-order valence-corrected chi connectivity index (χ4v) is 7.04. The van der Waals surface area contributed by atoms with Crippen molar-refractivity contribution in [2.45, 2.75) is 70.1 Å². The zero-order valence-corrected chi connectivity index (χ0v) is 29.8. The third-order valence-corrected chi connectivity index (χ3v) is 9.57. The van der Waals surface area contributed by atoms with E-state index in [1.165, 1.54) is 0 Å². The smallest absolute Gasteiger partial charge is 0.255 e. The van der Waals surface area contributed by atoms with Crippen molar-refractivity contribution in [3.05, 3.63) is 83.7 Å². The largest absolute Gasteiger partial charge is 0.490 e. The predicted octanol–water partition coefficient (Wildman–Crippen LogP) is 3.52. The molecule has 0 saturated heterocycles. The van der Waals surface area contributed by atoms with Crippen molar-refractivity contribution in [2.75, 3.05) is 33.8 Å². The molecule has 1 spiro atoms. The second-order valence-electron chi connectivity index (χ2n) is 15.1. The third kappa shape index (κ3) is 9.05. The lowest BCUT2D eigenvalue weighted by molar-refractivity contribution is -0.120. The fraction of sp³-hybridized carbons (Fsp3) is 0.436. The Balaban J connectivity index is 1.03. The highest BCUT2D eigenvalue weighted by molar-refractivity contribution is 6.00. The van der Waals surface area contributed by atoms with Gasteiger partial charge in [-0.15, -0.1) is 0 Å². The maximum absolute atomic E-state index is 13.2. The maximum Gasteiger partial charge on any atom is 0.255 e. The topological polar surface area (TPSA) is 161 Å². The van der Waals surface area contributed by atoms with E-state index in [4.69, 9.17) is 15.2 Å². The molecule has 2 saturated carbocycles. The van der Waals surface area contributed by atoms with Crippen molar-refractivity contribution in [1.82, 2.24) is 25.1 Å². The molecule has 51 heavy (non-hydrogen) atoms. The van der Waals surface area contributed by atoms with Crippen LogP contribution in [0.2, 0.25) is 0 Å².